The minimum absolute atomic E-state index is 0.0313. The van der Waals surface area contributed by atoms with Crippen LogP contribution in [0.4, 0.5) is 15.8 Å². The number of hydroxylamine groups is 1. The van der Waals surface area contributed by atoms with Gasteiger partial charge in [0, 0.05) is 22.4 Å². The molecule has 2 aromatic carbocycles. The highest BCUT2D eigenvalue weighted by Crippen LogP contribution is 2.34. The summed E-state index contributed by atoms with van der Waals surface area (Å²) in [5.74, 6) is -2.38. The Labute approximate surface area is 214 Å². The summed E-state index contributed by atoms with van der Waals surface area (Å²) >= 11 is 8.22. The Morgan fingerprint density at radius 2 is 2.09 bits per heavy atom. The molecule has 4 rings (SSSR count). The summed E-state index contributed by atoms with van der Waals surface area (Å²) in [4.78, 5) is 20.3. The summed E-state index contributed by atoms with van der Waals surface area (Å²) in [6, 6.07) is 6.95. The Balaban J connectivity index is 0.000000469. The number of aromatic nitrogens is 2. The number of nitrogens with one attached hydrogen (secondary N) is 2. The van der Waals surface area contributed by atoms with Crippen molar-refractivity contribution in [1.29, 1.82) is 0 Å². The maximum absolute atomic E-state index is 15.1. The summed E-state index contributed by atoms with van der Waals surface area (Å²) in [6.45, 7) is 0.0313. The number of hydrogen-bond acceptors (Lipinski definition) is 7. The summed E-state index contributed by atoms with van der Waals surface area (Å²) in [5.41, 5.74) is 2.71. The van der Waals surface area contributed by atoms with Crippen molar-refractivity contribution in [3.8, 4) is 0 Å². The van der Waals surface area contributed by atoms with Crippen molar-refractivity contribution in [1.82, 2.24) is 15.0 Å². The van der Waals surface area contributed by atoms with Crippen molar-refractivity contribution < 1.29 is 27.5 Å². The lowest BCUT2D eigenvalue weighted by atomic mass is 10.1. The third-order valence-electron chi connectivity index (χ3n) is 4.84. The van der Waals surface area contributed by atoms with Crippen LogP contribution in [0.15, 0.2) is 30.6 Å². The molecule has 34 heavy (non-hydrogen) atoms. The third-order valence-corrected chi connectivity index (χ3v) is 6.75. The third kappa shape index (κ3) is 7.01. The number of carboxylic acid groups (broad SMARTS) is 1. The van der Waals surface area contributed by atoms with Gasteiger partial charge in [-0.3, -0.25) is 0 Å². The quantitative estimate of drug-likeness (QED) is 0.252. The number of hydrogen-bond donors (Lipinski definition) is 3. The normalized spacial score (nSPS) is 13.4. The highest BCUT2D eigenvalue weighted by Gasteiger charge is 2.22. The molecule has 9 nitrogen and oxygen atoms in total. The van der Waals surface area contributed by atoms with Crippen LogP contribution < -0.4 is 10.8 Å². The van der Waals surface area contributed by atoms with Gasteiger partial charge in [0.2, 0.25) is 0 Å². The molecule has 0 amide bonds. The molecule has 1 aliphatic carbocycles. The fraction of sp³-hybridized carbons (Fsp3) is 0.333. The van der Waals surface area contributed by atoms with Crippen molar-refractivity contribution in [2.45, 2.75) is 25.4 Å². The van der Waals surface area contributed by atoms with Crippen LogP contribution >= 0.6 is 34.2 Å². The maximum Gasteiger partial charge on any atom is 0.338 e. The molecular weight excluding hydrogens is 602 g/mol. The number of fused-ring (bicyclic) bond motifs is 1. The zero-order valence-corrected chi connectivity index (χ0v) is 22.0. The molecule has 1 heterocycles. The zero-order valence-electron chi connectivity index (χ0n) is 18.3. The van der Waals surface area contributed by atoms with Gasteiger partial charge >= 0.3 is 5.97 Å². The molecule has 1 saturated carbocycles. The lowest BCUT2D eigenvalue weighted by Crippen LogP contribution is -2.12. The fourth-order valence-corrected chi connectivity index (χ4v) is 4.42. The predicted molar refractivity (Wildman–Crippen MR) is 137 cm³/mol. The van der Waals surface area contributed by atoms with E-state index >= 15 is 4.39 Å². The Morgan fingerprint density at radius 1 is 1.38 bits per heavy atom. The summed E-state index contributed by atoms with van der Waals surface area (Å²) in [7, 11) is -1.60. The van der Waals surface area contributed by atoms with Gasteiger partial charge in [-0.2, -0.15) is 5.48 Å². The average molecular weight is 625 g/mol. The average Bonchev–Trinajstić information content (AvgIpc) is 3.47. The van der Waals surface area contributed by atoms with E-state index in [1.807, 2.05) is 0 Å². The number of sulfone groups is 1. The van der Waals surface area contributed by atoms with E-state index < -0.39 is 21.6 Å². The SMILES string of the molecule is CONC1CC1.CS(=O)(=O)CCn1cnc2c(F)c(Nc3ccc(I)cc3Cl)c(C(=O)O)cc21. The van der Waals surface area contributed by atoms with E-state index in [1.165, 1.54) is 29.8 Å². The van der Waals surface area contributed by atoms with Gasteiger partial charge in [0.25, 0.3) is 0 Å². The first-order valence-electron chi connectivity index (χ1n) is 10.1. The summed E-state index contributed by atoms with van der Waals surface area (Å²) < 4.78 is 40.2. The van der Waals surface area contributed by atoms with Gasteiger partial charge in [0.15, 0.2) is 5.82 Å². The number of imidazole rings is 1. The lowest BCUT2D eigenvalue weighted by molar-refractivity contribution is 0.0697. The highest BCUT2D eigenvalue weighted by molar-refractivity contribution is 14.1. The van der Waals surface area contributed by atoms with Crippen molar-refractivity contribution in [2.24, 2.45) is 0 Å². The van der Waals surface area contributed by atoms with Crippen LogP contribution in [-0.4, -0.2) is 54.2 Å². The van der Waals surface area contributed by atoms with E-state index in [-0.39, 0.29) is 34.6 Å². The van der Waals surface area contributed by atoms with Crippen LogP contribution in [0.5, 0.6) is 0 Å². The Hall–Kier alpha value is -2.00. The number of carbonyl (C=O) groups is 1. The molecule has 1 aromatic heterocycles. The molecular formula is C21H23ClFIN4O5S. The van der Waals surface area contributed by atoms with Gasteiger partial charge < -0.3 is 19.8 Å². The Bertz CT molecular complexity index is 1310. The van der Waals surface area contributed by atoms with Crippen LogP contribution in [0, 0.1) is 9.39 Å². The second kappa shape index (κ2) is 11.2. The van der Waals surface area contributed by atoms with E-state index in [9.17, 15) is 18.3 Å². The van der Waals surface area contributed by atoms with E-state index in [2.05, 4.69) is 43.2 Å². The van der Waals surface area contributed by atoms with Crippen LogP contribution in [-0.2, 0) is 21.2 Å². The lowest BCUT2D eigenvalue weighted by Gasteiger charge is -2.13. The maximum atomic E-state index is 15.1. The first kappa shape index (κ1) is 26.6. The molecule has 1 aliphatic rings. The van der Waals surface area contributed by atoms with Gasteiger partial charge in [-0.1, -0.05) is 11.6 Å². The number of anilines is 2. The molecule has 1 fully saturated rings. The second-order valence-corrected chi connectivity index (χ2v) is 11.6. The Morgan fingerprint density at radius 3 is 2.62 bits per heavy atom. The molecule has 184 valence electrons. The number of benzene rings is 2. The minimum atomic E-state index is -3.25. The largest absolute Gasteiger partial charge is 0.478 e. The monoisotopic (exact) mass is 624 g/mol. The van der Waals surface area contributed by atoms with Gasteiger partial charge in [-0.15, -0.1) is 0 Å². The summed E-state index contributed by atoms with van der Waals surface area (Å²) in [5, 5.41) is 12.6. The van der Waals surface area contributed by atoms with E-state index in [4.69, 9.17) is 11.6 Å². The highest BCUT2D eigenvalue weighted by atomic mass is 127. The Kier molecular flexibility index (Phi) is 8.73. The summed E-state index contributed by atoms with van der Waals surface area (Å²) in [6.07, 6.45) is 4.94. The van der Waals surface area contributed by atoms with Gasteiger partial charge in [-0.25, -0.2) is 22.6 Å². The van der Waals surface area contributed by atoms with Crippen molar-refractivity contribution in [2.75, 3.05) is 24.4 Å². The van der Waals surface area contributed by atoms with Crippen molar-refractivity contribution in [3.05, 3.63) is 50.6 Å². The molecule has 3 aromatic rings. The number of aryl methyl sites for hydroxylation is 1. The minimum Gasteiger partial charge on any atom is -0.478 e. The smallest absolute Gasteiger partial charge is 0.338 e. The van der Waals surface area contributed by atoms with Gasteiger partial charge in [0.05, 0.1) is 46.7 Å². The first-order chi connectivity index (χ1) is 16.0. The van der Waals surface area contributed by atoms with Crippen LogP contribution in [0.25, 0.3) is 11.0 Å². The number of carboxylic acids is 1. The number of nitrogens with zero attached hydrogens (tertiary/aromatic N) is 2. The molecule has 0 atom stereocenters. The molecule has 0 saturated heterocycles. The number of aromatic carboxylic acids is 1. The van der Waals surface area contributed by atoms with Crippen LogP contribution in [0.2, 0.25) is 5.02 Å². The molecule has 0 spiro atoms. The molecule has 3 N–H and O–H groups in total. The molecule has 0 radical (unpaired) electrons. The molecule has 0 aliphatic heterocycles. The van der Waals surface area contributed by atoms with Gasteiger partial charge in [-0.05, 0) is 59.7 Å². The van der Waals surface area contributed by atoms with Crippen molar-refractivity contribution in [3.63, 3.8) is 0 Å². The van der Waals surface area contributed by atoms with E-state index in [1.54, 1.807) is 25.3 Å². The van der Waals surface area contributed by atoms with Crippen molar-refractivity contribution >= 4 is 72.4 Å². The molecule has 13 heteroatoms. The number of rotatable bonds is 8. The van der Waals surface area contributed by atoms with Crippen LogP contribution in [0.3, 0.4) is 0 Å². The zero-order chi connectivity index (χ0) is 25.0. The first-order valence-corrected chi connectivity index (χ1v) is 13.6. The topological polar surface area (TPSA) is 123 Å². The van der Waals surface area contributed by atoms with Crippen LogP contribution in [0.1, 0.15) is 23.2 Å². The van der Waals surface area contributed by atoms with E-state index in [0.29, 0.717) is 16.8 Å². The fourth-order valence-electron chi connectivity index (χ4n) is 2.98. The molecule has 0 bridgehead atoms. The van der Waals surface area contributed by atoms with E-state index in [0.717, 1.165) is 9.83 Å². The standard InChI is InChI=1S/C17H14ClFIN3O4S.C4H9NO/c1-28(26,27)5-4-23-8-21-16-13(23)7-10(17(24)25)15(14(16)19)22-12-3-2-9(20)6-11(12)18;1-6-5-4-2-3-4/h2-3,6-8,22H,4-5H2,1H3,(H,24,25);4-5H,2-3H2,1H3. The number of halogens is 3. The second-order valence-electron chi connectivity index (χ2n) is 7.70. The van der Waals surface area contributed by atoms with Gasteiger partial charge in [0.1, 0.15) is 15.4 Å². The molecule has 0 unspecified atom stereocenters. The predicted octanol–water partition coefficient (Wildman–Crippen LogP) is 4.22.